The molecule has 4 nitrogen and oxygen atoms in total. The fourth-order valence-electron chi connectivity index (χ4n) is 1.69. The molecule has 1 aromatic carbocycles. The quantitative estimate of drug-likeness (QED) is 0.790. The van der Waals surface area contributed by atoms with Gasteiger partial charge in [-0.15, -0.1) is 0 Å². The van der Waals surface area contributed by atoms with Gasteiger partial charge in [0, 0.05) is 19.1 Å². The number of nitrogens with one attached hydrogen (secondary N) is 2. The van der Waals surface area contributed by atoms with Crippen LogP contribution < -0.4 is 10.0 Å². The number of hydrogen-bond donors (Lipinski definition) is 2. The lowest BCUT2D eigenvalue weighted by atomic mass is 10.2. The number of rotatable bonds is 7. The largest absolute Gasteiger partial charge is 0.310 e. The molecular formula is C13H20N2O2S. The Morgan fingerprint density at radius 2 is 2.11 bits per heavy atom. The highest BCUT2D eigenvalue weighted by Gasteiger charge is 2.20. The van der Waals surface area contributed by atoms with Gasteiger partial charge in [0.25, 0.3) is 0 Å². The summed E-state index contributed by atoms with van der Waals surface area (Å²) < 4.78 is 26.5. The second-order valence-corrected chi connectivity index (χ2v) is 6.47. The second kappa shape index (κ2) is 5.82. The van der Waals surface area contributed by atoms with Crippen molar-refractivity contribution in [3.05, 3.63) is 29.8 Å². The van der Waals surface area contributed by atoms with Crippen molar-refractivity contribution in [1.29, 1.82) is 0 Å². The Balaban J connectivity index is 2.05. The van der Waals surface area contributed by atoms with Gasteiger partial charge in [0.05, 0.1) is 4.90 Å². The topological polar surface area (TPSA) is 58.2 Å². The van der Waals surface area contributed by atoms with E-state index in [9.17, 15) is 8.42 Å². The molecule has 0 radical (unpaired) electrons. The van der Waals surface area contributed by atoms with Crippen LogP contribution in [0.3, 0.4) is 0 Å². The Kier molecular flexibility index (Phi) is 4.37. The van der Waals surface area contributed by atoms with Gasteiger partial charge < -0.3 is 5.32 Å². The minimum Gasteiger partial charge on any atom is -0.310 e. The molecule has 0 atom stereocenters. The van der Waals surface area contributed by atoms with Gasteiger partial charge in [-0.25, -0.2) is 13.1 Å². The van der Waals surface area contributed by atoms with Crippen molar-refractivity contribution in [3.8, 4) is 0 Å². The van der Waals surface area contributed by atoms with Crippen LogP contribution in [-0.2, 0) is 16.6 Å². The van der Waals surface area contributed by atoms with Crippen LogP contribution in [-0.4, -0.2) is 21.0 Å². The number of benzene rings is 1. The maximum Gasteiger partial charge on any atom is 0.240 e. The Morgan fingerprint density at radius 3 is 2.78 bits per heavy atom. The standard InChI is InChI=1S/C13H20N2O2S/c1-2-8-15-18(16,17)13-5-3-4-11(9-13)10-14-12-6-7-12/h3-5,9,12,14-15H,2,6-8,10H2,1H3. The van der Waals surface area contributed by atoms with Crippen LogP contribution >= 0.6 is 0 Å². The molecule has 1 aromatic rings. The molecule has 0 bridgehead atoms. The highest BCUT2D eigenvalue weighted by molar-refractivity contribution is 7.89. The van der Waals surface area contributed by atoms with Crippen molar-refractivity contribution in [3.63, 3.8) is 0 Å². The molecule has 100 valence electrons. The van der Waals surface area contributed by atoms with Crippen LogP contribution in [0.5, 0.6) is 0 Å². The van der Waals surface area contributed by atoms with Crippen molar-refractivity contribution in [2.24, 2.45) is 0 Å². The molecular weight excluding hydrogens is 248 g/mol. The normalized spacial score (nSPS) is 15.8. The first-order chi connectivity index (χ1) is 8.62. The van der Waals surface area contributed by atoms with Gasteiger partial charge in [0.1, 0.15) is 0 Å². The van der Waals surface area contributed by atoms with Gasteiger partial charge in [0.2, 0.25) is 10.0 Å². The molecule has 2 rings (SSSR count). The molecule has 1 fully saturated rings. The van der Waals surface area contributed by atoms with Crippen LogP contribution in [0.15, 0.2) is 29.2 Å². The van der Waals surface area contributed by atoms with Crippen LogP contribution in [0.2, 0.25) is 0 Å². The van der Waals surface area contributed by atoms with E-state index in [2.05, 4.69) is 10.0 Å². The molecule has 0 unspecified atom stereocenters. The molecule has 0 aromatic heterocycles. The third-order valence-corrected chi connectivity index (χ3v) is 4.38. The minimum absolute atomic E-state index is 0.353. The molecule has 1 saturated carbocycles. The van der Waals surface area contributed by atoms with E-state index in [1.54, 1.807) is 18.2 Å². The zero-order chi connectivity index (χ0) is 13.0. The maximum absolute atomic E-state index is 12.0. The van der Waals surface area contributed by atoms with Crippen LogP contribution in [0.4, 0.5) is 0 Å². The van der Waals surface area contributed by atoms with E-state index in [0.717, 1.165) is 18.5 Å². The average Bonchev–Trinajstić information content (AvgIpc) is 3.18. The molecule has 0 heterocycles. The van der Waals surface area contributed by atoms with Gasteiger partial charge in [-0.05, 0) is 37.0 Å². The van der Waals surface area contributed by atoms with Gasteiger partial charge in [-0.2, -0.15) is 0 Å². The first-order valence-electron chi connectivity index (χ1n) is 6.44. The van der Waals surface area contributed by atoms with Gasteiger partial charge in [-0.1, -0.05) is 19.1 Å². The maximum atomic E-state index is 12.0. The average molecular weight is 268 g/mol. The van der Waals surface area contributed by atoms with E-state index in [4.69, 9.17) is 0 Å². The number of sulfonamides is 1. The summed E-state index contributed by atoms with van der Waals surface area (Å²) in [5.74, 6) is 0. The zero-order valence-electron chi connectivity index (χ0n) is 10.6. The van der Waals surface area contributed by atoms with Gasteiger partial charge >= 0.3 is 0 Å². The first-order valence-corrected chi connectivity index (χ1v) is 7.92. The van der Waals surface area contributed by atoms with Crippen molar-refractivity contribution < 1.29 is 8.42 Å². The van der Waals surface area contributed by atoms with E-state index < -0.39 is 10.0 Å². The number of hydrogen-bond acceptors (Lipinski definition) is 3. The van der Waals surface area contributed by atoms with Crippen molar-refractivity contribution in [2.75, 3.05) is 6.54 Å². The summed E-state index contributed by atoms with van der Waals surface area (Å²) in [5, 5.41) is 3.38. The summed E-state index contributed by atoms with van der Waals surface area (Å²) in [6.07, 6.45) is 3.26. The van der Waals surface area contributed by atoms with E-state index in [1.165, 1.54) is 12.8 Å². The molecule has 1 aliphatic carbocycles. The molecule has 5 heteroatoms. The predicted molar refractivity (Wildman–Crippen MR) is 71.8 cm³/mol. The lowest BCUT2D eigenvalue weighted by Gasteiger charge is -2.08. The van der Waals surface area contributed by atoms with Crippen molar-refractivity contribution >= 4 is 10.0 Å². The molecule has 0 saturated heterocycles. The lowest BCUT2D eigenvalue weighted by Crippen LogP contribution is -2.24. The van der Waals surface area contributed by atoms with Crippen molar-refractivity contribution in [1.82, 2.24) is 10.0 Å². The third kappa shape index (κ3) is 3.80. The van der Waals surface area contributed by atoms with E-state index in [0.29, 0.717) is 17.5 Å². The molecule has 0 spiro atoms. The third-order valence-electron chi connectivity index (χ3n) is 2.92. The Morgan fingerprint density at radius 1 is 1.33 bits per heavy atom. The predicted octanol–water partition coefficient (Wildman–Crippen LogP) is 1.63. The Hall–Kier alpha value is -0.910. The molecule has 0 aliphatic heterocycles. The fourth-order valence-corrected chi connectivity index (χ4v) is 2.90. The van der Waals surface area contributed by atoms with E-state index in [-0.39, 0.29) is 0 Å². The molecule has 1 aliphatic rings. The lowest BCUT2D eigenvalue weighted by molar-refractivity contribution is 0.580. The molecule has 18 heavy (non-hydrogen) atoms. The monoisotopic (exact) mass is 268 g/mol. The van der Waals surface area contributed by atoms with Crippen LogP contribution in [0, 0.1) is 0 Å². The Bertz CT molecular complexity index is 495. The summed E-state index contributed by atoms with van der Waals surface area (Å²) >= 11 is 0. The van der Waals surface area contributed by atoms with Crippen LogP contribution in [0.25, 0.3) is 0 Å². The summed E-state index contributed by atoms with van der Waals surface area (Å²) in [6, 6.07) is 7.76. The Labute approximate surface area is 109 Å². The van der Waals surface area contributed by atoms with Crippen molar-refractivity contribution in [2.45, 2.75) is 43.7 Å². The SMILES string of the molecule is CCCNS(=O)(=O)c1cccc(CNC2CC2)c1. The fraction of sp³-hybridized carbons (Fsp3) is 0.538. The summed E-state index contributed by atoms with van der Waals surface area (Å²) in [5.41, 5.74) is 1.02. The van der Waals surface area contributed by atoms with Crippen LogP contribution in [0.1, 0.15) is 31.7 Å². The highest BCUT2D eigenvalue weighted by atomic mass is 32.2. The molecule has 0 amide bonds. The second-order valence-electron chi connectivity index (χ2n) is 4.70. The minimum atomic E-state index is -3.35. The van der Waals surface area contributed by atoms with E-state index >= 15 is 0 Å². The van der Waals surface area contributed by atoms with E-state index in [1.807, 2.05) is 13.0 Å². The zero-order valence-corrected chi connectivity index (χ0v) is 11.5. The summed E-state index contributed by atoms with van der Waals surface area (Å²) in [4.78, 5) is 0.353. The summed E-state index contributed by atoms with van der Waals surface area (Å²) in [6.45, 7) is 3.16. The first kappa shape index (κ1) is 13.5. The van der Waals surface area contributed by atoms with Gasteiger partial charge in [-0.3, -0.25) is 0 Å². The molecule has 2 N–H and O–H groups in total. The van der Waals surface area contributed by atoms with Gasteiger partial charge in [0.15, 0.2) is 0 Å². The smallest absolute Gasteiger partial charge is 0.240 e. The highest BCUT2D eigenvalue weighted by Crippen LogP contribution is 2.19. The summed E-state index contributed by atoms with van der Waals surface area (Å²) in [7, 11) is -3.35.